The second-order valence-electron chi connectivity index (χ2n) is 5.29. The summed E-state index contributed by atoms with van der Waals surface area (Å²) >= 11 is 0. The normalized spacial score (nSPS) is 13.1. The van der Waals surface area contributed by atoms with Crippen molar-refractivity contribution in [2.75, 3.05) is 6.54 Å². The van der Waals surface area contributed by atoms with Crippen molar-refractivity contribution in [1.82, 2.24) is 4.90 Å². The number of carbonyl (C=O) groups excluding carboxylic acids is 1. The Balaban J connectivity index is 4.56. The number of amides is 1. The van der Waals surface area contributed by atoms with Gasteiger partial charge in [-0.2, -0.15) is 0 Å². The van der Waals surface area contributed by atoms with Gasteiger partial charge in [-0.25, -0.2) is 4.79 Å². The fourth-order valence-corrected chi connectivity index (χ4v) is 1.16. The predicted molar refractivity (Wildman–Crippen MR) is 66.1 cm³/mol. The van der Waals surface area contributed by atoms with E-state index in [4.69, 9.17) is 11.2 Å². The van der Waals surface area contributed by atoms with Gasteiger partial charge in [-0.1, -0.05) is 0 Å². The molecular weight excluding hydrogens is 202 g/mol. The monoisotopic (exact) mass is 225 g/mol. The minimum absolute atomic E-state index is 0.0370. The van der Waals surface area contributed by atoms with Crippen molar-refractivity contribution in [1.29, 1.82) is 0 Å². The van der Waals surface area contributed by atoms with Crippen LogP contribution in [0, 0.1) is 18.3 Å². The van der Waals surface area contributed by atoms with E-state index in [0.29, 0.717) is 6.54 Å². The van der Waals surface area contributed by atoms with Crippen LogP contribution in [0.5, 0.6) is 0 Å². The van der Waals surface area contributed by atoms with Gasteiger partial charge in [0.15, 0.2) is 0 Å². The van der Waals surface area contributed by atoms with Crippen LogP contribution in [-0.4, -0.2) is 29.2 Å². The van der Waals surface area contributed by atoms with E-state index < -0.39 is 5.60 Å². The van der Waals surface area contributed by atoms with E-state index >= 15 is 0 Å². The van der Waals surface area contributed by atoms with Crippen molar-refractivity contribution in [2.24, 2.45) is 5.92 Å². The molecule has 92 valence electrons. The van der Waals surface area contributed by atoms with E-state index in [2.05, 4.69) is 5.92 Å². The number of hydrogen-bond donors (Lipinski definition) is 0. The van der Waals surface area contributed by atoms with E-state index in [-0.39, 0.29) is 18.1 Å². The average Bonchev–Trinajstić information content (AvgIpc) is 2.09. The van der Waals surface area contributed by atoms with Gasteiger partial charge in [0.25, 0.3) is 0 Å². The molecule has 0 aromatic rings. The Kier molecular flexibility index (Phi) is 5.37. The molecule has 0 spiro atoms. The number of rotatable bonds is 3. The fraction of sp³-hybridized carbons (Fsp3) is 0.769. The van der Waals surface area contributed by atoms with Crippen molar-refractivity contribution in [3.8, 4) is 12.3 Å². The summed E-state index contributed by atoms with van der Waals surface area (Å²) < 4.78 is 5.32. The molecule has 0 saturated carbocycles. The van der Waals surface area contributed by atoms with Crippen LogP contribution >= 0.6 is 0 Å². The predicted octanol–water partition coefficient (Wildman–Crippen LogP) is 2.90. The van der Waals surface area contributed by atoms with Gasteiger partial charge in [0, 0.05) is 18.5 Å². The molecule has 0 N–H and O–H groups in total. The number of terminal acetylenes is 1. The first-order chi connectivity index (χ1) is 7.17. The topological polar surface area (TPSA) is 29.5 Å². The summed E-state index contributed by atoms with van der Waals surface area (Å²) in [7, 11) is 0. The lowest BCUT2D eigenvalue weighted by Gasteiger charge is -2.31. The second-order valence-corrected chi connectivity index (χ2v) is 5.29. The van der Waals surface area contributed by atoms with Crippen LogP contribution in [0.2, 0.25) is 0 Å². The molecule has 0 aliphatic carbocycles. The highest BCUT2D eigenvalue weighted by Crippen LogP contribution is 2.13. The van der Waals surface area contributed by atoms with E-state index in [0.717, 1.165) is 0 Å². The smallest absolute Gasteiger partial charge is 0.410 e. The number of hydrogen-bond acceptors (Lipinski definition) is 2. The number of nitrogens with zero attached hydrogens (tertiary/aromatic N) is 1. The van der Waals surface area contributed by atoms with Gasteiger partial charge in [-0.3, -0.25) is 0 Å². The molecular formula is C13H23NO2. The maximum atomic E-state index is 11.9. The molecule has 1 amide bonds. The van der Waals surface area contributed by atoms with Crippen molar-refractivity contribution in [2.45, 2.75) is 53.2 Å². The summed E-state index contributed by atoms with van der Waals surface area (Å²) in [6, 6.07) is 0.0886. The van der Waals surface area contributed by atoms with Gasteiger partial charge in [-0.15, -0.1) is 12.3 Å². The largest absolute Gasteiger partial charge is 0.444 e. The molecule has 0 fully saturated rings. The zero-order chi connectivity index (χ0) is 12.9. The molecule has 3 heteroatoms. The highest BCUT2D eigenvalue weighted by Gasteiger charge is 2.24. The van der Waals surface area contributed by atoms with Gasteiger partial charge in [-0.05, 0) is 41.5 Å². The van der Waals surface area contributed by atoms with Crippen molar-refractivity contribution < 1.29 is 9.53 Å². The molecule has 1 unspecified atom stereocenters. The zero-order valence-electron chi connectivity index (χ0n) is 11.2. The van der Waals surface area contributed by atoms with Crippen molar-refractivity contribution >= 4 is 6.09 Å². The first-order valence-corrected chi connectivity index (χ1v) is 5.63. The molecule has 0 aliphatic heterocycles. The van der Waals surface area contributed by atoms with Gasteiger partial charge in [0.2, 0.25) is 0 Å². The fourth-order valence-electron chi connectivity index (χ4n) is 1.16. The highest BCUT2D eigenvalue weighted by molar-refractivity contribution is 5.68. The molecule has 0 saturated heterocycles. The molecule has 0 bridgehead atoms. The Hall–Kier alpha value is -1.17. The zero-order valence-corrected chi connectivity index (χ0v) is 11.2. The quantitative estimate of drug-likeness (QED) is 0.691. The Morgan fingerprint density at radius 1 is 1.38 bits per heavy atom. The van der Waals surface area contributed by atoms with E-state index in [1.165, 1.54) is 0 Å². The summed E-state index contributed by atoms with van der Waals surface area (Å²) in [6.45, 7) is 11.9. The Labute approximate surface area is 99.2 Å². The summed E-state index contributed by atoms with van der Waals surface area (Å²) in [6.07, 6.45) is 5.02. The van der Waals surface area contributed by atoms with Crippen LogP contribution < -0.4 is 0 Å². The van der Waals surface area contributed by atoms with Gasteiger partial charge in [0.1, 0.15) is 5.60 Å². The van der Waals surface area contributed by atoms with Crippen LogP contribution in [0.25, 0.3) is 0 Å². The third kappa shape index (κ3) is 5.65. The molecule has 3 nitrogen and oxygen atoms in total. The average molecular weight is 225 g/mol. The van der Waals surface area contributed by atoms with Crippen LogP contribution in [0.3, 0.4) is 0 Å². The van der Waals surface area contributed by atoms with Crippen LogP contribution in [0.1, 0.15) is 41.5 Å². The summed E-state index contributed by atoms with van der Waals surface area (Å²) in [5, 5.41) is 0. The Morgan fingerprint density at radius 2 is 1.88 bits per heavy atom. The van der Waals surface area contributed by atoms with Crippen molar-refractivity contribution in [3.05, 3.63) is 0 Å². The maximum absolute atomic E-state index is 11.9. The molecule has 1 atom stereocenters. The first kappa shape index (κ1) is 14.8. The molecule has 0 aromatic carbocycles. The van der Waals surface area contributed by atoms with E-state index in [1.807, 2.05) is 41.5 Å². The van der Waals surface area contributed by atoms with Gasteiger partial charge in [0.05, 0.1) is 0 Å². The Morgan fingerprint density at radius 3 is 2.19 bits per heavy atom. The molecule has 0 aliphatic rings. The maximum Gasteiger partial charge on any atom is 0.410 e. The van der Waals surface area contributed by atoms with Gasteiger partial charge < -0.3 is 9.64 Å². The summed E-state index contributed by atoms with van der Waals surface area (Å²) in [5.74, 6) is 2.66. The first-order valence-electron chi connectivity index (χ1n) is 5.63. The lowest BCUT2D eigenvalue weighted by atomic mass is 10.1. The minimum Gasteiger partial charge on any atom is -0.444 e. The summed E-state index contributed by atoms with van der Waals surface area (Å²) in [5.41, 5.74) is -0.469. The minimum atomic E-state index is -0.469. The van der Waals surface area contributed by atoms with E-state index in [9.17, 15) is 4.79 Å². The third-order valence-corrected chi connectivity index (χ3v) is 2.01. The standard InChI is InChI=1S/C13H23NO2/c1-8-11(4)9-14(10(2)3)12(15)16-13(5,6)7/h1,10-11H,9H2,2-7H3. The molecule has 0 heterocycles. The third-order valence-electron chi connectivity index (χ3n) is 2.01. The lowest BCUT2D eigenvalue weighted by Crippen LogP contribution is -2.43. The SMILES string of the molecule is C#CC(C)CN(C(=O)OC(C)(C)C)C(C)C. The Bertz CT molecular complexity index is 271. The van der Waals surface area contributed by atoms with Crippen LogP contribution in [-0.2, 0) is 4.74 Å². The van der Waals surface area contributed by atoms with Gasteiger partial charge >= 0.3 is 6.09 Å². The van der Waals surface area contributed by atoms with Crippen molar-refractivity contribution in [3.63, 3.8) is 0 Å². The van der Waals surface area contributed by atoms with Crippen LogP contribution in [0.15, 0.2) is 0 Å². The molecule has 16 heavy (non-hydrogen) atoms. The van der Waals surface area contributed by atoms with Crippen LogP contribution in [0.4, 0.5) is 4.79 Å². The second kappa shape index (κ2) is 5.79. The molecule has 0 rings (SSSR count). The lowest BCUT2D eigenvalue weighted by molar-refractivity contribution is 0.0176. The molecule has 0 aromatic heterocycles. The number of carbonyl (C=O) groups is 1. The van der Waals surface area contributed by atoms with E-state index in [1.54, 1.807) is 4.90 Å². The number of ether oxygens (including phenoxy) is 1. The molecule has 0 radical (unpaired) electrons. The summed E-state index contributed by atoms with van der Waals surface area (Å²) in [4.78, 5) is 13.5. The highest BCUT2D eigenvalue weighted by atomic mass is 16.6.